The fraction of sp³-hybridized carbons (Fsp3) is 0.600. The van der Waals surface area contributed by atoms with Crippen molar-refractivity contribution in [2.24, 2.45) is 11.3 Å². The Morgan fingerprint density at radius 2 is 1.79 bits per heavy atom. The molecule has 1 aromatic rings. The maximum Gasteiger partial charge on any atom is 0.119 e. The van der Waals surface area contributed by atoms with Crippen molar-refractivity contribution in [3.8, 4) is 5.75 Å². The fourth-order valence-electron chi connectivity index (χ4n) is 2.29. The molecular formula is C15H26N2O2. The van der Waals surface area contributed by atoms with Crippen LogP contribution in [0.3, 0.4) is 0 Å². The Hall–Kier alpha value is -1.10. The molecule has 0 heterocycles. The van der Waals surface area contributed by atoms with E-state index >= 15 is 0 Å². The van der Waals surface area contributed by atoms with E-state index in [2.05, 4.69) is 26.2 Å². The van der Waals surface area contributed by atoms with E-state index in [-0.39, 0.29) is 17.6 Å². The molecule has 0 aliphatic carbocycles. The van der Waals surface area contributed by atoms with Crippen molar-refractivity contribution in [3.63, 3.8) is 0 Å². The van der Waals surface area contributed by atoms with Crippen LogP contribution in [0.4, 0.5) is 0 Å². The number of hydrogen-bond acceptors (Lipinski definition) is 4. The van der Waals surface area contributed by atoms with Gasteiger partial charge in [-0.3, -0.25) is 11.3 Å². The minimum absolute atomic E-state index is 0.00955. The highest BCUT2D eigenvalue weighted by atomic mass is 16.5. The zero-order valence-electron chi connectivity index (χ0n) is 12.6. The molecule has 2 atom stereocenters. The van der Waals surface area contributed by atoms with Gasteiger partial charge in [-0.2, -0.15) is 0 Å². The molecule has 0 aliphatic rings. The van der Waals surface area contributed by atoms with E-state index in [0.717, 1.165) is 11.3 Å². The summed E-state index contributed by atoms with van der Waals surface area (Å²) in [6.07, 6.45) is -0.0181. The van der Waals surface area contributed by atoms with Crippen LogP contribution in [0.2, 0.25) is 0 Å². The monoisotopic (exact) mass is 266 g/mol. The molecule has 0 saturated heterocycles. The average molecular weight is 266 g/mol. The highest BCUT2D eigenvalue weighted by molar-refractivity contribution is 5.30. The van der Waals surface area contributed by atoms with Crippen LogP contribution in [0, 0.1) is 5.41 Å². The van der Waals surface area contributed by atoms with Gasteiger partial charge in [-0.05, 0) is 30.0 Å². The summed E-state index contributed by atoms with van der Waals surface area (Å²) in [6, 6.07) is 7.90. The molecule has 0 bridgehead atoms. The molecule has 4 heteroatoms. The minimum Gasteiger partial charge on any atom is -0.494 e. The van der Waals surface area contributed by atoms with Crippen molar-refractivity contribution in [2.45, 2.75) is 39.8 Å². The number of ether oxygens (including phenoxy) is 2. The van der Waals surface area contributed by atoms with Gasteiger partial charge in [0.25, 0.3) is 0 Å². The predicted octanol–water partition coefficient (Wildman–Crippen LogP) is 2.65. The van der Waals surface area contributed by atoms with Gasteiger partial charge in [-0.1, -0.05) is 32.9 Å². The number of nitrogens with one attached hydrogen (secondary N) is 1. The van der Waals surface area contributed by atoms with Crippen LogP contribution < -0.4 is 16.0 Å². The van der Waals surface area contributed by atoms with E-state index in [0.29, 0.717) is 6.61 Å². The van der Waals surface area contributed by atoms with E-state index in [1.54, 1.807) is 7.11 Å². The number of nitrogens with two attached hydrogens (primary N) is 1. The standard InChI is InChI=1S/C15H26N2O2/c1-6-19-12-9-7-11(8-10-12)13(17-16)14(18-5)15(2,3)4/h7-10,13-14,17H,6,16H2,1-5H3. The van der Waals surface area contributed by atoms with Crippen LogP contribution in [0.15, 0.2) is 24.3 Å². The first kappa shape index (κ1) is 16.0. The first-order valence-electron chi connectivity index (χ1n) is 6.65. The van der Waals surface area contributed by atoms with Crippen molar-refractivity contribution in [3.05, 3.63) is 29.8 Å². The third-order valence-electron chi connectivity index (χ3n) is 3.14. The molecular weight excluding hydrogens is 240 g/mol. The second-order valence-electron chi connectivity index (χ2n) is 5.67. The summed E-state index contributed by atoms with van der Waals surface area (Å²) in [4.78, 5) is 0. The molecule has 19 heavy (non-hydrogen) atoms. The molecule has 0 fully saturated rings. The Kier molecular flexibility index (Phi) is 5.79. The van der Waals surface area contributed by atoms with Crippen molar-refractivity contribution < 1.29 is 9.47 Å². The van der Waals surface area contributed by atoms with Crippen LogP contribution in [-0.4, -0.2) is 19.8 Å². The van der Waals surface area contributed by atoms with Gasteiger partial charge < -0.3 is 9.47 Å². The lowest BCUT2D eigenvalue weighted by Gasteiger charge is -2.35. The zero-order chi connectivity index (χ0) is 14.5. The Bertz CT molecular complexity index is 371. The summed E-state index contributed by atoms with van der Waals surface area (Å²) in [5.74, 6) is 6.58. The molecule has 0 amide bonds. The van der Waals surface area contributed by atoms with E-state index in [1.807, 2.05) is 31.2 Å². The van der Waals surface area contributed by atoms with Gasteiger partial charge in [0.15, 0.2) is 0 Å². The highest BCUT2D eigenvalue weighted by Crippen LogP contribution is 2.32. The molecule has 0 aromatic heterocycles. The second kappa shape index (κ2) is 6.89. The van der Waals surface area contributed by atoms with E-state index in [1.165, 1.54) is 0 Å². The lowest BCUT2D eigenvalue weighted by Crippen LogP contribution is -2.44. The topological polar surface area (TPSA) is 56.5 Å². The quantitative estimate of drug-likeness (QED) is 0.614. The number of hydrogen-bond donors (Lipinski definition) is 2. The summed E-state index contributed by atoms with van der Waals surface area (Å²) < 4.78 is 11.1. The molecule has 0 saturated carbocycles. The molecule has 0 spiro atoms. The van der Waals surface area contributed by atoms with Crippen LogP contribution in [0.25, 0.3) is 0 Å². The second-order valence-corrected chi connectivity index (χ2v) is 5.67. The van der Waals surface area contributed by atoms with Crippen LogP contribution >= 0.6 is 0 Å². The molecule has 1 rings (SSSR count). The summed E-state index contributed by atoms with van der Waals surface area (Å²) in [5.41, 5.74) is 3.94. The largest absolute Gasteiger partial charge is 0.494 e. The van der Waals surface area contributed by atoms with Crippen LogP contribution in [0.1, 0.15) is 39.3 Å². The van der Waals surface area contributed by atoms with Crippen molar-refractivity contribution in [1.82, 2.24) is 5.43 Å². The van der Waals surface area contributed by atoms with Gasteiger partial charge in [0.05, 0.1) is 18.8 Å². The van der Waals surface area contributed by atoms with Gasteiger partial charge in [0.2, 0.25) is 0 Å². The molecule has 2 unspecified atom stereocenters. The number of methoxy groups -OCH3 is 1. The van der Waals surface area contributed by atoms with Gasteiger partial charge in [0, 0.05) is 7.11 Å². The molecule has 3 N–H and O–H groups in total. The minimum atomic E-state index is -0.0549. The summed E-state index contributed by atoms with van der Waals surface area (Å²) in [6.45, 7) is 9.06. The molecule has 0 radical (unpaired) electrons. The van der Waals surface area contributed by atoms with Gasteiger partial charge >= 0.3 is 0 Å². The number of benzene rings is 1. The number of hydrazine groups is 1. The smallest absolute Gasteiger partial charge is 0.119 e. The molecule has 1 aromatic carbocycles. The van der Waals surface area contributed by atoms with Crippen molar-refractivity contribution >= 4 is 0 Å². The Morgan fingerprint density at radius 1 is 1.21 bits per heavy atom. The van der Waals surface area contributed by atoms with E-state index in [4.69, 9.17) is 15.3 Å². The Morgan fingerprint density at radius 3 is 2.16 bits per heavy atom. The summed E-state index contributed by atoms with van der Waals surface area (Å²) in [5, 5.41) is 0. The Labute approximate surface area is 116 Å². The van der Waals surface area contributed by atoms with Crippen LogP contribution in [0.5, 0.6) is 5.75 Å². The first-order chi connectivity index (χ1) is 8.93. The first-order valence-corrected chi connectivity index (χ1v) is 6.65. The van der Waals surface area contributed by atoms with Crippen molar-refractivity contribution in [1.29, 1.82) is 0 Å². The van der Waals surface area contributed by atoms with Gasteiger partial charge in [0.1, 0.15) is 5.75 Å². The van der Waals surface area contributed by atoms with Crippen LogP contribution in [-0.2, 0) is 4.74 Å². The summed E-state index contributed by atoms with van der Waals surface area (Å²) in [7, 11) is 1.72. The maximum absolute atomic E-state index is 5.71. The summed E-state index contributed by atoms with van der Waals surface area (Å²) >= 11 is 0. The third kappa shape index (κ3) is 4.20. The predicted molar refractivity (Wildman–Crippen MR) is 77.9 cm³/mol. The lowest BCUT2D eigenvalue weighted by atomic mass is 9.82. The normalized spacial score (nSPS) is 15.1. The molecule has 4 nitrogen and oxygen atoms in total. The van der Waals surface area contributed by atoms with E-state index in [9.17, 15) is 0 Å². The lowest BCUT2D eigenvalue weighted by molar-refractivity contribution is -0.0120. The average Bonchev–Trinajstić information content (AvgIpc) is 2.36. The van der Waals surface area contributed by atoms with Crippen molar-refractivity contribution in [2.75, 3.05) is 13.7 Å². The van der Waals surface area contributed by atoms with Gasteiger partial charge in [-0.25, -0.2) is 0 Å². The van der Waals surface area contributed by atoms with E-state index < -0.39 is 0 Å². The molecule has 0 aliphatic heterocycles. The third-order valence-corrected chi connectivity index (χ3v) is 3.14. The fourth-order valence-corrected chi connectivity index (χ4v) is 2.29. The maximum atomic E-state index is 5.71. The SMILES string of the molecule is CCOc1ccc(C(NN)C(OC)C(C)(C)C)cc1. The Balaban J connectivity index is 2.95. The van der Waals surface area contributed by atoms with Gasteiger partial charge in [-0.15, -0.1) is 0 Å². The number of rotatable bonds is 6. The zero-order valence-corrected chi connectivity index (χ0v) is 12.6. The molecule has 108 valence electrons. The highest BCUT2D eigenvalue weighted by Gasteiger charge is 2.32.